The van der Waals surface area contributed by atoms with Gasteiger partial charge in [-0.3, -0.25) is 0 Å². The standard InChI is InChI=1S/C17H22OS/c1-12-7-13(2)9-17(18,8-12)10-14-11-19-16-6-4-3-5-15(14)16/h3-6,11-13,18H,7-10H2,1-2H3. The minimum Gasteiger partial charge on any atom is -0.390 e. The molecule has 2 heteroatoms. The first-order valence-electron chi connectivity index (χ1n) is 7.23. The highest BCUT2D eigenvalue weighted by Crippen LogP contribution is 2.39. The fraction of sp³-hybridized carbons (Fsp3) is 0.529. The first kappa shape index (κ1) is 13.1. The second-order valence-corrected chi connectivity index (χ2v) is 7.42. The number of thiophene rings is 1. The molecule has 0 bridgehead atoms. The van der Waals surface area contributed by atoms with Crippen LogP contribution in [0.3, 0.4) is 0 Å². The van der Waals surface area contributed by atoms with Gasteiger partial charge < -0.3 is 5.11 Å². The predicted molar refractivity (Wildman–Crippen MR) is 82.7 cm³/mol. The van der Waals surface area contributed by atoms with Gasteiger partial charge in [-0.15, -0.1) is 11.3 Å². The molecule has 19 heavy (non-hydrogen) atoms. The van der Waals surface area contributed by atoms with Crippen molar-refractivity contribution in [1.82, 2.24) is 0 Å². The van der Waals surface area contributed by atoms with Gasteiger partial charge in [0.15, 0.2) is 0 Å². The van der Waals surface area contributed by atoms with Gasteiger partial charge in [-0.2, -0.15) is 0 Å². The zero-order chi connectivity index (χ0) is 13.5. The van der Waals surface area contributed by atoms with Crippen LogP contribution in [-0.4, -0.2) is 10.7 Å². The van der Waals surface area contributed by atoms with Crippen molar-refractivity contribution in [3.05, 3.63) is 35.2 Å². The normalized spacial score (nSPS) is 31.7. The summed E-state index contributed by atoms with van der Waals surface area (Å²) in [6.45, 7) is 4.54. The monoisotopic (exact) mass is 274 g/mol. The molecule has 1 N–H and O–H groups in total. The van der Waals surface area contributed by atoms with Crippen molar-refractivity contribution >= 4 is 21.4 Å². The molecule has 0 amide bonds. The van der Waals surface area contributed by atoms with Gasteiger partial charge in [-0.1, -0.05) is 32.0 Å². The Bertz CT molecular complexity index is 561. The lowest BCUT2D eigenvalue weighted by molar-refractivity contribution is -0.0301. The highest BCUT2D eigenvalue weighted by Gasteiger charge is 2.36. The van der Waals surface area contributed by atoms with E-state index in [4.69, 9.17) is 0 Å². The van der Waals surface area contributed by atoms with Gasteiger partial charge in [0, 0.05) is 11.1 Å². The fourth-order valence-corrected chi connectivity index (χ4v) is 4.87. The van der Waals surface area contributed by atoms with Crippen molar-refractivity contribution in [2.45, 2.75) is 45.1 Å². The molecule has 3 rings (SSSR count). The number of aliphatic hydroxyl groups is 1. The molecule has 102 valence electrons. The van der Waals surface area contributed by atoms with E-state index < -0.39 is 5.60 Å². The minimum absolute atomic E-state index is 0.499. The van der Waals surface area contributed by atoms with Crippen molar-refractivity contribution in [3.63, 3.8) is 0 Å². The maximum absolute atomic E-state index is 10.9. The second-order valence-electron chi connectivity index (χ2n) is 6.51. The molecule has 1 fully saturated rings. The van der Waals surface area contributed by atoms with E-state index >= 15 is 0 Å². The number of fused-ring (bicyclic) bond motifs is 1. The van der Waals surface area contributed by atoms with Gasteiger partial charge in [0.05, 0.1) is 5.60 Å². The Morgan fingerprint density at radius 1 is 1.21 bits per heavy atom. The van der Waals surface area contributed by atoms with Gasteiger partial charge in [0.2, 0.25) is 0 Å². The van der Waals surface area contributed by atoms with Crippen molar-refractivity contribution in [3.8, 4) is 0 Å². The van der Waals surface area contributed by atoms with E-state index in [9.17, 15) is 5.11 Å². The van der Waals surface area contributed by atoms with E-state index in [0.29, 0.717) is 11.8 Å². The van der Waals surface area contributed by atoms with Crippen LogP contribution in [0.2, 0.25) is 0 Å². The molecule has 1 nitrogen and oxygen atoms in total. The van der Waals surface area contributed by atoms with Crippen LogP contribution in [0.5, 0.6) is 0 Å². The lowest BCUT2D eigenvalue weighted by Gasteiger charge is -2.39. The average molecular weight is 274 g/mol. The highest BCUT2D eigenvalue weighted by molar-refractivity contribution is 7.17. The Morgan fingerprint density at radius 2 is 1.89 bits per heavy atom. The van der Waals surface area contributed by atoms with E-state index in [1.54, 1.807) is 11.3 Å². The zero-order valence-electron chi connectivity index (χ0n) is 11.7. The van der Waals surface area contributed by atoms with E-state index in [-0.39, 0.29) is 0 Å². The lowest BCUT2D eigenvalue weighted by atomic mass is 9.71. The van der Waals surface area contributed by atoms with Crippen molar-refractivity contribution in [2.24, 2.45) is 11.8 Å². The van der Waals surface area contributed by atoms with Crippen LogP contribution >= 0.6 is 11.3 Å². The minimum atomic E-state index is -0.499. The van der Waals surface area contributed by atoms with Crippen molar-refractivity contribution in [2.75, 3.05) is 0 Å². The van der Waals surface area contributed by atoms with Gasteiger partial charge in [0.25, 0.3) is 0 Å². The summed E-state index contributed by atoms with van der Waals surface area (Å²) < 4.78 is 1.33. The third-order valence-electron chi connectivity index (χ3n) is 4.34. The summed E-state index contributed by atoms with van der Waals surface area (Å²) in [6, 6.07) is 8.52. The largest absolute Gasteiger partial charge is 0.390 e. The summed E-state index contributed by atoms with van der Waals surface area (Å²) in [4.78, 5) is 0. The third kappa shape index (κ3) is 2.70. The van der Waals surface area contributed by atoms with Crippen LogP contribution in [0, 0.1) is 11.8 Å². The van der Waals surface area contributed by atoms with Crippen LogP contribution in [-0.2, 0) is 6.42 Å². The summed E-state index contributed by atoms with van der Waals surface area (Å²) in [6.07, 6.45) is 3.96. The van der Waals surface area contributed by atoms with E-state index in [1.165, 1.54) is 22.1 Å². The van der Waals surface area contributed by atoms with Crippen LogP contribution in [0.25, 0.3) is 10.1 Å². The molecular weight excluding hydrogens is 252 g/mol. The lowest BCUT2D eigenvalue weighted by Crippen LogP contribution is -2.39. The topological polar surface area (TPSA) is 20.2 Å². The molecule has 1 heterocycles. The van der Waals surface area contributed by atoms with E-state index in [0.717, 1.165) is 19.3 Å². The van der Waals surface area contributed by atoms with Crippen LogP contribution in [0.15, 0.2) is 29.6 Å². The third-order valence-corrected chi connectivity index (χ3v) is 5.35. The molecule has 2 aromatic rings. The average Bonchev–Trinajstić information content (AvgIpc) is 2.70. The molecule has 1 aromatic carbocycles. The molecule has 0 aliphatic heterocycles. The number of hydrogen-bond acceptors (Lipinski definition) is 2. The molecule has 1 aliphatic rings. The molecule has 2 atom stereocenters. The summed E-state index contributed by atoms with van der Waals surface area (Å²) in [5, 5.41) is 14.5. The fourth-order valence-electron chi connectivity index (χ4n) is 3.90. The number of benzene rings is 1. The molecule has 0 radical (unpaired) electrons. The van der Waals surface area contributed by atoms with Crippen LogP contribution in [0.1, 0.15) is 38.7 Å². The maximum atomic E-state index is 10.9. The van der Waals surface area contributed by atoms with Gasteiger partial charge >= 0.3 is 0 Å². The smallest absolute Gasteiger partial charge is 0.0693 e. The summed E-state index contributed by atoms with van der Waals surface area (Å²) >= 11 is 1.79. The molecular formula is C17H22OS. The maximum Gasteiger partial charge on any atom is 0.0693 e. The van der Waals surface area contributed by atoms with Crippen LogP contribution < -0.4 is 0 Å². The number of rotatable bonds is 2. The first-order valence-corrected chi connectivity index (χ1v) is 8.11. The van der Waals surface area contributed by atoms with E-state index in [1.807, 2.05) is 0 Å². The molecule has 1 aromatic heterocycles. The summed E-state index contributed by atoms with van der Waals surface area (Å²) in [7, 11) is 0. The van der Waals surface area contributed by atoms with Gasteiger partial charge in [-0.25, -0.2) is 0 Å². The highest BCUT2D eigenvalue weighted by atomic mass is 32.1. The Hall–Kier alpha value is -0.860. The first-order chi connectivity index (χ1) is 9.06. The summed E-state index contributed by atoms with van der Waals surface area (Å²) in [5.74, 6) is 1.28. The quantitative estimate of drug-likeness (QED) is 0.846. The molecule has 1 saturated carbocycles. The molecule has 0 spiro atoms. The van der Waals surface area contributed by atoms with Gasteiger partial charge in [0.1, 0.15) is 0 Å². The Morgan fingerprint density at radius 3 is 2.63 bits per heavy atom. The molecule has 2 unspecified atom stereocenters. The molecule has 1 aliphatic carbocycles. The zero-order valence-corrected chi connectivity index (χ0v) is 12.5. The Balaban J connectivity index is 1.87. The van der Waals surface area contributed by atoms with Crippen LogP contribution in [0.4, 0.5) is 0 Å². The van der Waals surface area contributed by atoms with Gasteiger partial charge in [-0.05, 0) is 53.5 Å². The van der Waals surface area contributed by atoms with Crippen molar-refractivity contribution < 1.29 is 5.11 Å². The second kappa shape index (κ2) is 4.92. The Kier molecular flexibility index (Phi) is 3.40. The summed E-state index contributed by atoms with van der Waals surface area (Å²) in [5.41, 5.74) is 0.824. The number of hydrogen-bond donors (Lipinski definition) is 1. The SMILES string of the molecule is CC1CC(C)CC(O)(Cc2csc3ccccc23)C1. The van der Waals surface area contributed by atoms with E-state index in [2.05, 4.69) is 43.5 Å². The predicted octanol–water partition coefficient (Wildman–Crippen LogP) is 4.63. The molecule has 0 saturated heterocycles. The van der Waals surface area contributed by atoms with Crippen molar-refractivity contribution in [1.29, 1.82) is 0 Å². The Labute approximate surface area is 119 Å².